The molecule has 0 bridgehead atoms. The molecule has 0 amide bonds. The third-order valence-electron chi connectivity index (χ3n) is 2.82. The van der Waals surface area contributed by atoms with Crippen molar-refractivity contribution in [3.8, 4) is 0 Å². The summed E-state index contributed by atoms with van der Waals surface area (Å²) >= 11 is 3.16. The first-order chi connectivity index (χ1) is 8.98. The van der Waals surface area contributed by atoms with Gasteiger partial charge in [-0.15, -0.1) is 0 Å². The normalized spacial score (nSPS) is 26.4. The summed E-state index contributed by atoms with van der Waals surface area (Å²) in [4.78, 5) is 0. The molecule has 102 valence electrons. The zero-order valence-electron chi connectivity index (χ0n) is 10.2. The second kappa shape index (κ2) is 5.51. The van der Waals surface area contributed by atoms with Crippen LogP contribution in [0.4, 0.5) is 13.2 Å². The van der Waals surface area contributed by atoms with Crippen LogP contribution in [0.15, 0.2) is 36.4 Å². The van der Waals surface area contributed by atoms with Gasteiger partial charge < -0.3 is 4.74 Å². The van der Waals surface area contributed by atoms with Crippen LogP contribution in [-0.4, -0.2) is 17.3 Å². The largest absolute Gasteiger partial charge is 0.357 e. The Morgan fingerprint density at radius 1 is 1.37 bits per heavy atom. The van der Waals surface area contributed by atoms with Gasteiger partial charge in [-0.05, 0) is 46.6 Å². The molecule has 0 heterocycles. The van der Waals surface area contributed by atoms with Gasteiger partial charge in [-0.25, -0.2) is 13.2 Å². The second-order valence-corrected chi connectivity index (χ2v) is 5.33. The molecule has 0 fully saturated rings. The summed E-state index contributed by atoms with van der Waals surface area (Å²) < 4.78 is 44.9. The molecule has 0 saturated heterocycles. The molecular weight excluding hydrogens is 321 g/mol. The average Bonchev–Trinajstić information content (AvgIpc) is 2.37. The van der Waals surface area contributed by atoms with Crippen LogP contribution >= 0.6 is 15.9 Å². The third kappa shape index (κ3) is 2.77. The SMILES string of the molecule is CCOC1(Br)C=CC(c2cccc(F)c2F)=CC1F. The summed E-state index contributed by atoms with van der Waals surface area (Å²) in [6.07, 6.45) is 2.69. The van der Waals surface area contributed by atoms with Crippen LogP contribution in [-0.2, 0) is 4.74 Å². The molecule has 1 nitrogen and oxygen atoms in total. The molecule has 0 saturated carbocycles. The van der Waals surface area contributed by atoms with E-state index in [1.807, 2.05) is 0 Å². The summed E-state index contributed by atoms with van der Waals surface area (Å²) in [6, 6.07) is 3.81. The lowest BCUT2D eigenvalue weighted by Gasteiger charge is -2.29. The minimum absolute atomic E-state index is 0.0324. The van der Waals surface area contributed by atoms with E-state index in [1.54, 1.807) is 6.92 Å². The van der Waals surface area contributed by atoms with Crippen molar-refractivity contribution in [2.45, 2.75) is 17.6 Å². The number of rotatable bonds is 3. The zero-order valence-corrected chi connectivity index (χ0v) is 11.8. The maximum atomic E-state index is 14.1. The van der Waals surface area contributed by atoms with E-state index in [1.165, 1.54) is 30.4 Å². The van der Waals surface area contributed by atoms with Crippen molar-refractivity contribution in [1.82, 2.24) is 0 Å². The first kappa shape index (κ1) is 14.3. The maximum absolute atomic E-state index is 14.1. The molecule has 2 rings (SSSR count). The molecule has 0 aromatic heterocycles. The molecule has 5 heteroatoms. The number of ether oxygens (including phenoxy) is 1. The fourth-order valence-corrected chi connectivity index (χ4v) is 2.37. The highest BCUT2D eigenvalue weighted by molar-refractivity contribution is 9.10. The van der Waals surface area contributed by atoms with Crippen LogP contribution in [0, 0.1) is 11.6 Å². The Morgan fingerprint density at radius 2 is 2.11 bits per heavy atom. The van der Waals surface area contributed by atoms with E-state index in [9.17, 15) is 13.2 Å². The Bertz CT molecular complexity index is 541. The predicted molar refractivity (Wildman–Crippen MR) is 71.7 cm³/mol. The van der Waals surface area contributed by atoms with Gasteiger partial charge in [0.15, 0.2) is 22.3 Å². The van der Waals surface area contributed by atoms with Crippen LogP contribution in [0.25, 0.3) is 5.57 Å². The lowest BCUT2D eigenvalue weighted by molar-refractivity contribution is 0.0312. The van der Waals surface area contributed by atoms with Gasteiger partial charge in [-0.2, -0.15) is 0 Å². The van der Waals surface area contributed by atoms with Crippen molar-refractivity contribution in [2.24, 2.45) is 0 Å². The van der Waals surface area contributed by atoms with Crippen molar-refractivity contribution >= 4 is 21.5 Å². The molecule has 0 N–H and O–H groups in total. The summed E-state index contributed by atoms with van der Waals surface area (Å²) in [5.41, 5.74) is 0.323. The van der Waals surface area contributed by atoms with Gasteiger partial charge in [0.1, 0.15) is 0 Å². The van der Waals surface area contributed by atoms with E-state index >= 15 is 0 Å². The highest BCUT2D eigenvalue weighted by atomic mass is 79.9. The molecule has 1 aromatic carbocycles. The first-order valence-electron chi connectivity index (χ1n) is 5.80. The monoisotopic (exact) mass is 332 g/mol. The Morgan fingerprint density at radius 3 is 2.74 bits per heavy atom. The minimum atomic E-state index is -1.49. The Labute approximate surface area is 117 Å². The van der Waals surface area contributed by atoms with Crippen LogP contribution in [0.2, 0.25) is 0 Å². The summed E-state index contributed by atoms with van der Waals surface area (Å²) in [7, 11) is 0. The van der Waals surface area contributed by atoms with Crippen LogP contribution in [0.5, 0.6) is 0 Å². The highest BCUT2D eigenvalue weighted by Gasteiger charge is 2.36. The number of hydrogen-bond acceptors (Lipinski definition) is 1. The summed E-state index contributed by atoms with van der Waals surface area (Å²) in [6.45, 7) is 2.07. The van der Waals surface area contributed by atoms with Crippen molar-refractivity contribution < 1.29 is 17.9 Å². The van der Waals surface area contributed by atoms with E-state index in [0.29, 0.717) is 12.2 Å². The Kier molecular flexibility index (Phi) is 4.16. The molecule has 1 aliphatic rings. The number of alkyl halides is 2. The van der Waals surface area contributed by atoms with E-state index < -0.39 is 22.3 Å². The zero-order chi connectivity index (χ0) is 14.0. The van der Waals surface area contributed by atoms with Gasteiger partial charge in [-0.1, -0.05) is 18.2 Å². The summed E-state index contributed by atoms with van der Waals surface area (Å²) in [5, 5.41) is 0. The number of hydrogen-bond donors (Lipinski definition) is 0. The number of allylic oxidation sites excluding steroid dienone is 2. The molecule has 0 aliphatic heterocycles. The van der Waals surface area contributed by atoms with Gasteiger partial charge >= 0.3 is 0 Å². The van der Waals surface area contributed by atoms with Gasteiger partial charge in [0.2, 0.25) is 0 Å². The molecule has 0 radical (unpaired) electrons. The van der Waals surface area contributed by atoms with Gasteiger partial charge in [-0.3, -0.25) is 0 Å². The number of halogens is 4. The first-order valence-corrected chi connectivity index (χ1v) is 6.59. The fraction of sp³-hybridized carbons (Fsp3) is 0.286. The topological polar surface area (TPSA) is 9.23 Å². The van der Waals surface area contributed by atoms with Crippen molar-refractivity contribution in [1.29, 1.82) is 0 Å². The maximum Gasteiger partial charge on any atom is 0.176 e. The second-order valence-electron chi connectivity index (χ2n) is 4.09. The third-order valence-corrected chi connectivity index (χ3v) is 3.75. The van der Waals surface area contributed by atoms with Crippen molar-refractivity contribution in [3.63, 3.8) is 0 Å². The van der Waals surface area contributed by atoms with E-state index in [-0.39, 0.29) is 5.56 Å². The van der Waals surface area contributed by atoms with Crippen LogP contribution < -0.4 is 0 Å². The van der Waals surface area contributed by atoms with Crippen LogP contribution in [0.3, 0.4) is 0 Å². The molecule has 1 aromatic rings. The van der Waals surface area contributed by atoms with E-state index in [2.05, 4.69) is 15.9 Å². The predicted octanol–water partition coefficient (Wildman–Crippen LogP) is 4.38. The molecule has 19 heavy (non-hydrogen) atoms. The van der Waals surface area contributed by atoms with Gasteiger partial charge in [0, 0.05) is 12.2 Å². The van der Waals surface area contributed by atoms with Gasteiger partial charge in [0.25, 0.3) is 0 Å². The number of benzene rings is 1. The van der Waals surface area contributed by atoms with E-state index in [0.717, 1.165) is 6.07 Å². The molecule has 0 spiro atoms. The van der Waals surface area contributed by atoms with E-state index in [4.69, 9.17) is 4.74 Å². The molecule has 2 atom stereocenters. The van der Waals surface area contributed by atoms with Crippen molar-refractivity contribution in [3.05, 3.63) is 53.6 Å². The smallest absolute Gasteiger partial charge is 0.176 e. The average molecular weight is 333 g/mol. The Hall–Kier alpha value is -1.07. The van der Waals surface area contributed by atoms with Crippen LogP contribution in [0.1, 0.15) is 12.5 Å². The quantitative estimate of drug-likeness (QED) is 0.746. The standard InChI is InChI=1S/C14H12BrF3O/c1-2-19-14(15)7-6-9(8-12(14)17)10-4-3-5-11(16)13(10)18/h3-8,12H,2H2,1H3. The lowest BCUT2D eigenvalue weighted by Crippen LogP contribution is -2.34. The Balaban J connectivity index is 2.35. The summed E-state index contributed by atoms with van der Waals surface area (Å²) in [5.74, 6) is -1.94. The molecular formula is C14H12BrF3O. The molecule has 2 unspecified atom stereocenters. The van der Waals surface area contributed by atoms with Gasteiger partial charge in [0.05, 0.1) is 0 Å². The minimum Gasteiger partial charge on any atom is -0.357 e. The lowest BCUT2D eigenvalue weighted by atomic mass is 9.96. The highest BCUT2D eigenvalue weighted by Crippen LogP contribution is 2.36. The fourth-order valence-electron chi connectivity index (χ4n) is 1.88. The molecule has 1 aliphatic carbocycles. The van der Waals surface area contributed by atoms with Crippen molar-refractivity contribution in [2.75, 3.05) is 6.61 Å².